The number of thiazole rings is 1. The summed E-state index contributed by atoms with van der Waals surface area (Å²) >= 11 is 13.3. The molecule has 130 valence electrons. The Bertz CT molecular complexity index is 1120. The van der Waals surface area contributed by atoms with Crippen molar-refractivity contribution >= 4 is 56.5 Å². The van der Waals surface area contributed by atoms with Crippen molar-refractivity contribution in [2.75, 3.05) is 5.32 Å². The normalized spacial score (nSPS) is 11.0. The maximum absolute atomic E-state index is 12.7. The van der Waals surface area contributed by atoms with Crippen molar-refractivity contribution in [2.24, 2.45) is 7.05 Å². The first kappa shape index (κ1) is 17.1. The van der Waals surface area contributed by atoms with Gasteiger partial charge in [0.1, 0.15) is 5.69 Å². The van der Waals surface area contributed by atoms with E-state index in [-0.39, 0.29) is 5.91 Å². The molecule has 7 heteroatoms. The standard InChI is InChI=1S/C19H13Cl2N3OS/c1-24-16-9-14(21)7-4-12(16)8-17(24)18(25)23-19-22-15(10-26-19)11-2-5-13(20)6-3-11/h2-10H,1H3,(H,22,23,25). The van der Waals surface area contributed by atoms with Crippen LogP contribution in [0.15, 0.2) is 53.9 Å². The summed E-state index contributed by atoms with van der Waals surface area (Å²) in [6.07, 6.45) is 0. The number of carbonyl (C=O) groups is 1. The van der Waals surface area contributed by atoms with Gasteiger partial charge in [-0.25, -0.2) is 4.98 Å². The number of fused-ring (bicyclic) bond motifs is 1. The van der Waals surface area contributed by atoms with Crippen LogP contribution in [0.25, 0.3) is 22.2 Å². The number of hydrogen-bond acceptors (Lipinski definition) is 3. The van der Waals surface area contributed by atoms with E-state index in [1.165, 1.54) is 11.3 Å². The molecule has 0 bridgehead atoms. The minimum Gasteiger partial charge on any atom is -0.340 e. The molecule has 0 saturated carbocycles. The predicted molar refractivity (Wildman–Crippen MR) is 108 cm³/mol. The molecule has 0 atom stereocenters. The lowest BCUT2D eigenvalue weighted by Crippen LogP contribution is -2.15. The number of carbonyl (C=O) groups excluding carboxylic acids is 1. The number of anilines is 1. The number of aromatic nitrogens is 2. The van der Waals surface area contributed by atoms with Crippen LogP contribution in [0, 0.1) is 0 Å². The van der Waals surface area contributed by atoms with Crippen LogP contribution in [0.4, 0.5) is 5.13 Å². The van der Waals surface area contributed by atoms with Crippen molar-refractivity contribution in [2.45, 2.75) is 0 Å². The minimum absolute atomic E-state index is 0.211. The van der Waals surface area contributed by atoms with Crippen LogP contribution < -0.4 is 5.32 Å². The van der Waals surface area contributed by atoms with E-state index in [1.54, 1.807) is 0 Å². The number of benzene rings is 2. The van der Waals surface area contributed by atoms with Crippen molar-refractivity contribution in [1.29, 1.82) is 0 Å². The molecule has 0 aliphatic carbocycles. The molecule has 1 N–H and O–H groups in total. The lowest BCUT2D eigenvalue weighted by Gasteiger charge is -2.04. The molecule has 4 aromatic rings. The van der Waals surface area contributed by atoms with Gasteiger partial charge in [0.2, 0.25) is 0 Å². The van der Waals surface area contributed by atoms with Crippen LogP contribution >= 0.6 is 34.5 Å². The molecule has 2 aromatic carbocycles. The zero-order valence-electron chi connectivity index (χ0n) is 13.7. The van der Waals surface area contributed by atoms with Gasteiger partial charge in [-0.3, -0.25) is 10.1 Å². The quantitative estimate of drug-likeness (QED) is 0.467. The van der Waals surface area contributed by atoms with E-state index in [0.717, 1.165) is 22.2 Å². The van der Waals surface area contributed by atoms with E-state index in [2.05, 4.69) is 10.3 Å². The van der Waals surface area contributed by atoms with Gasteiger partial charge in [0, 0.05) is 38.9 Å². The largest absolute Gasteiger partial charge is 0.340 e. The van der Waals surface area contributed by atoms with Gasteiger partial charge >= 0.3 is 0 Å². The van der Waals surface area contributed by atoms with Crippen molar-refractivity contribution < 1.29 is 4.79 Å². The molecule has 0 fully saturated rings. The number of halogens is 2. The third kappa shape index (κ3) is 3.21. The molecule has 0 unspecified atom stereocenters. The smallest absolute Gasteiger partial charge is 0.274 e. The Balaban J connectivity index is 1.59. The summed E-state index contributed by atoms with van der Waals surface area (Å²) in [5.41, 5.74) is 3.20. The molecule has 1 amide bonds. The summed E-state index contributed by atoms with van der Waals surface area (Å²) in [5.74, 6) is -0.211. The summed E-state index contributed by atoms with van der Waals surface area (Å²) in [4.78, 5) is 17.2. The summed E-state index contributed by atoms with van der Waals surface area (Å²) in [7, 11) is 1.84. The molecule has 2 aromatic heterocycles. The maximum Gasteiger partial charge on any atom is 0.274 e. The van der Waals surface area contributed by atoms with Crippen LogP contribution in [0.1, 0.15) is 10.5 Å². The lowest BCUT2D eigenvalue weighted by molar-refractivity contribution is 0.101. The van der Waals surface area contributed by atoms with Crippen molar-refractivity contribution in [3.63, 3.8) is 0 Å². The SMILES string of the molecule is Cn1c(C(=O)Nc2nc(-c3ccc(Cl)cc3)cs2)cc2ccc(Cl)cc21. The van der Waals surface area contributed by atoms with E-state index in [4.69, 9.17) is 23.2 Å². The number of hydrogen-bond donors (Lipinski definition) is 1. The monoisotopic (exact) mass is 401 g/mol. The second-order valence-electron chi connectivity index (χ2n) is 5.79. The fourth-order valence-corrected chi connectivity index (χ4v) is 3.77. The fraction of sp³-hybridized carbons (Fsp3) is 0.0526. The zero-order chi connectivity index (χ0) is 18.3. The predicted octanol–water partition coefficient (Wildman–Crippen LogP) is 5.86. The first-order chi connectivity index (χ1) is 12.5. The molecule has 0 saturated heterocycles. The van der Waals surface area contributed by atoms with E-state index in [9.17, 15) is 4.79 Å². The second-order valence-corrected chi connectivity index (χ2v) is 7.52. The van der Waals surface area contributed by atoms with Crippen molar-refractivity contribution in [3.05, 3.63) is 69.7 Å². The van der Waals surface area contributed by atoms with Gasteiger partial charge in [0.25, 0.3) is 5.91 Å². The Morgan fingerprint density at radius 2 is 1.81 bits per heavy atom. The van der Waals surface area contributed by atoms with Gasteiger partial charge in [0.15, 0.2) is 5.13 Å². The maximum atomic E-state index is 12.7. The second kappa shape index (κ2) is 6.76. The third-order valence-corrected chi connectivity index (χ3v) is 5.35. The number of nitrogens with one attached hydrogen (secondary N) is 1. The van der Waals surface area contributed by atoms with E-state index < -0.39 is 0 Å². The molecule has 4 nitrogen and oxygen atoms in total. The topological polar surface area (TPSA) is 46.9 Å². The highest BCUT2D eigenvalue weighted by molar-refractivity contribution is 7.14. The van der Waals surface area contributed by atoms with Crippen LogP contribution in [-0.2, 0) is 7.05 Å². The third-order valence-electron chi connectivity index (χ3n) is 4.10. The first-order valence-electron chi connectivity index (χ1n) is 7.79. The Kier molecular flexibility index (Phi) is 4.44. The zero-order valence-corrected chi connectivity index (χ0v) is 16.0. The molecular weight excluding hydrogens is 389 g/mol. The van der Waals surface area contributed by atoms with Crippen molar-refractivity contribution in [1.82, 2.24) is 9.55 Å². The summed E-state index contributed by atoms with van der Waals surface area (Å²) in [5, 5.41) is 7.59. The fourth-order valence-electron chi connectivity index (χ4n) is 2.77. The molecule has 0 aliphatic rings. The van der Waals surface area contributed by atoms with Crippen LogP contribution in [0.5, 0.6) is 0 Å². The Labute approximate surface area is 164 Å². The molecule has 0 spiro atoms. The Morgan fingerprint density at radius 1 is 1.08 bits per heavy atom. The van der Waals surface area contributed by atoms with E-state index >= 15 is 0 Å². The highest BCUT2D eigenvalue weighted by Crippen LogP contribution is 2.27. The van der Waals surface area contributed by atoms with Crippen molar-refractivity contribution in [3.8, 4) is 11.3 Å². The molecule has 26 heavy (non-hydrogen) atoms. The van der Waals surface area contributed by atoms with Crippen LogP contribution in [0.3, 0.4) is 0 Å². The summed E-state index contributed by atoms with van der Waals surface area (Å²) < 4.78 is 1.82. The van der Waals surface area contributed by atoms with Gasteiger partial charge in [-0.1, -0.05) is 41.4 Å². The number of amides is 1. The molecular formula is C19H13Cl2N3OS. The average Bonchev–Trinajstić information content (AvgIpc) is 3.21. The number of rotatable bonds is 3. The molecule has 2 heterocycles. The molecule has 0 aliphatic heterocycles. The Hall–Kier alpha value is -2.34. The number of nitrogens with zero attached hydrogens (tertiary/aromatic N) is 2. The van der Waals surface area contributed by atoms with Gasteiger partial charge < -0.3 is 4.57 Å². The Morgan fingerprint density at radius 3 is 2.58 bits per heavy atom. The minimum atomic E-state index is -0.211. The first-order valence-corrected chi connectivity index (χ1v) is 9.42. The van der Waals surface area contributed by atoms with E-state index in [0.29, 0.717) is 20.9 Å². The van der Waals surface area contributed by atoms with Gasteiger partial charge in [-0.05, 0) is 30.3 Å². The van der Waals surface area contributed by atoms with E-state index in [1.807, 2.05) is 65.5 Å². The molecule has 4 rings (SSSR count). The number of aryl methyl sites for hydroxylation is 1. The summed E-state index contributed by atoms with van der Waals surface area (Å²) in [6, 6.07) is 14.8. The highest BCUT2D eigenvalue weighted by atomic mass is 35.5. The van der Waals surface area contributed by atoms with Crippen LogP contribution in [0.2, 0.25) is 10.0 Å². The summed E-state index contributed by atoms with van der Waals surface area (Å²) in [6.45, 7) is 0. The highest BCUT2D eigenvalue weighted by Gasteiger charge is 2.15. The molecule has 0 radical (unpaired) electrons. The van der Waals surface area contributed by atoms with Gasteiger partial charge in [0.05, 0.1) is 5.69 Å². The van der Waals surface area contributed by atoms with Gasteiger partial charge in [-0.15, -0.1) is 11.3 Å². The lowest BCUT2D eigenvalue weighted by atomic mass is 10.2. The van der Waals surface area contributed by atoms with Crippen LogP contribution in [-0.4, -0.2) is 15.5 Å². The average molecular weight is 402 g/mol. The van der Waals surface area contributed by atoms with Gasteiger partial charge in [-0.2, -0.15) is 0 Å².